The van der Waals surface area contributed by atoms with Crippen LogP contribution < -0.4 is 4.65 Å². The summed E-state index contributed by atoms with van der Waals surface area (Å²) in [6, 6.07) is 2.59. The highest BCUT2D eigenvalue weighted by Crippen LogP contribution is 2.35. The Hall–Kier alpha value is -1.60. The second-order valence-corrected chi connectivity index (χ2v) is 3.91. The van der Waals surface area contributed by atoms with Gasteiger partial charge in [0.05, 0.1) is 0 Å². The Kier molecular flexibility index (Phi) is 4.69. The smallest absolute Gasteiger partial charge is 0.525 e. The Morgan fingerprint density at radius 1 is 1.50 bits per heavy atom. The lowest BCUT2D eigenvalue weighted by molar-refractivity contribution is 0.0689. The number of fused-ring (bicyclic) bond motifs is 1. The maximum Gasteiger partial charge on any atom is 0.525 e. The summed E-state index contributed by atoms with van der Waals surface area (Å²) in [4.78, 5) is 10.9. The quantitative estimate of drug-likeness (QED) is 0.651. The first-order chi connectivity index (χ1) is 8.50. The van der Waals surface area contributed by atoms with Gasteiger partial charge in [-0.2, -0.15) is 0 Å². The molecule has 0 radical (unpaired) electrons. The number of hydrogen-bond acceptors (Lipinski definition) is 4. The number of benzene rings is 1. The predicted octanol–water partition coefficient (Wildman–Crippen LogP) is 0.938. The lowest BCUT2D eigenvalue weighted by atomic mass is 9.68. The predicted molar refractivity (Wildman–Crippen MR) is 63.2 cm³/mol. The highest BCUT2D eigenvalue weighted by Gasteiger charge is 2.34. The van der Waals surface area contributed by atoms with Crippen LogP contribution in [-0.2, 0) is 6.42 Å². The van der Waals surface area contributed by atoms with Crippen LogP contribution in [0.1, 0.15) is 22.8 Å². The van der Waals surface area contributed by atoms with Crippen molar-refractivity contribution in [1.29, 1.82) is 0 Å². The fraction of sp³-hybridized carbons (Fsp3) is 0.364. The third-order valence-electron chi connectivity index (χ3n) is 2.67. The van der Waals surface area contributed by atoms with Crippen LogP contribution in [0.3, 0.4) is 0 Å². The molecule has 1 aromatic rings. The minimum absolute atomic E-state index is 0.0573. The van der Waals surface area contributed by atoms with Crippen molar-refractivity contribution < 1.29 is 29.1 Å². The fourth-order valence-corrected chi connectivity index (χ4v) is 1.78. The van der Waals surface area contributed by atoms with Crippen LogP contribution in [0, 0.1) is 5.82 Å². The van der Waals surface area contributed by atoms with Crippen LogP contribution in [0.4, 0.5) is 4.39 Å². The summed E-state index contributed by atoms with van der Waals surface area (Å²) in [5, 5.41) is 25.4. The SMILES string of the molecule is CC1Cc2ccc(F)c(C(=O)O)c2OB1O.CO. The normalized spacial score (nSPS) is 17.2. The molecule has 0 aromatic heterocycles. The summed E-state index contributed by atoms with van der Waals surface area (Å²) >= 11 is 0. The highest BCUT2D eigenvalue weighted by atomic mass is 19.1. The summed E-state index contributed by atoms with van der Waals surface area (Å²) in [6.07, 6.45) is 0.469. The molecule has 1 aliphatic heterocycles. The summed E-state index contributed by atoms with van der Waals surface area (Å²) in [5.41, 5.74) is 0.0973. The Morgan fingerprint density at radius 2 is 2.11 bits per heavy atom. The standard InChI is InChI=1S/C10H10BFO4.CH4O/c1-5-4-6-2-3-7(12)8(10(13)14)9(6)16-11(5)15;1-2/h2-3,5,15H,4H2,1H3,(H,13,14);2H,1H3. The molecule has 98 valence electrons. The van der Waals surface area contributed by atoms with E-state index in [1.165, 1.54) is 6.07 Å². The second-order valence-electron chi connectivity index (χ2n) is 3.91. The van der Waals surface area contributed by atoms with E-state index in [2.05, 4.69) is 0 Å². The molecule has 2 rings (SSSR count). The summed E-state index contributed by atoms with van der Waals surface area (Å²) in [7, 11) is -0.0904. The molecule has 0 spiro atoms. The molecule has 0 saturated carbocycles. The molecule has 1 atom stereocenters. The monoisotopic (exact) mass is 256 g/mol. The van der Waals surface area contributed by atoms with Gasteiger partial charge in [-0.25, -0.2) is 9.18 Å². The molecule has 0 amide bonds. The second kappa shape index (κ2) is 5.84. The molecule has 0 fully saturated rings. The Morgan fingerprint density at radius 3 is 2.67 bits per heavy atom. The maximum absolute atomic E-state index is 13.3. The average Bonchev–Trinajstić information content (AvgIpc) is 2.33. The van der Waals surface area contributed by atoms with Crippen molar-refractivity contribution in [3.63, 3.8) is 0 Å². The zero-order valence-electron chi connectivity index (χ0n) is 10.1. The number of aliphatic hydroxyl groups excluding tert-OH is 1. The molecule has 0 aliphatic carbocycles. The van der Waals surface area contributed by atoms with E-state index in [1.54, 1.807) is 6.92 Å². The van der Waals surface area contributed by atoms with Crippen LogP contribution in [-0.4, -0.2) is 35.4 Å². The van der Waals surface area contributed by atoms with Crippen molar-refractivity contribution in [2.45, 2.75) is 19.2 Å². The number of carboxylic acid groups (broad SMARTS) is 1. The van der Waals surface area contributed by atoms with Crippen molar-refractivity contribution in [3.05, 3.63) is 29.1 Å². The van der Waals surface area contributed by atoms with E-state index in [0.717, 1.165) is 13.2 Å². The molecule has 3 N–H and O–H groups in total. The number of carbonyl (C=O) groups is 1. The van der Waals surface area contributed by atoms with E-state index < -0.39 is 24.5 Å². The van der Waals surface area contributed by atoms with E-state index in [9.17, 15) is 14.2 Å². The molecule has 7 heteroatoms. The number of hydrogen-bond donors (Lipinski definition) is 3. The molecule has 18 heavy (non-hydrogen) atoms. The van der Waals surface area contributed by atoms with Crippen LogP contribution in [0.2, 0.25) is 5.82 Å². The Balaban J connectivity index is 0.000000771. The van der Waals surface area contributed by atoms with Gasteiger partial charge in [0.25, 0.3) is 0 Å². The minimum Gasteiger partial charge on any atom is -0.535 e. The third-order valence-corrected chi connectivity index (χ3v) is 2.67. The van der Waals surface area contributed by atoms with Gasteiger partial charge in [0.1, 0.15) is 17.1 Å². The molecule has 1 heterocycles. The van der Waals surface area contributed by atoms with Gasteiger partial charge in [-0.1, -0.05) is 13.0 Å². The van der Waals surface area contributed by atoms with Gasteiger partial charge >= 0.3 is 13.1 Å². The average molecular weight is 256 g/mol. The maximum atomic E-state index is 13.3. The van der Waals surface area contributed by atoms with Crippen LogP contribution in [0.25, 0.3) is 0 Å². The summed E-state index contributed by atoms with van der Waals surface area (Å²) in [6.45, 7) is 1.78. The molecule has 5 nitrogen and oxygen atoms in total. The van der Waals surface area contributed by atoms with Gasteiger partial charge < -0.3 is 19.9 Å². The van der Waals surface area contributed by atoms with Gasteiger partial charge in [-0.3, -0.25) is 0 Å². The fourth-order valence-electron chi connectivity index (χ4n) is 1.78. The van der Waals surface area contributed by atoms with Crippen LogP contribution in [0.15, 0.2) is 12.1 Å². The van der Waals surface area contributed by atoms with E-state index >= 15 is 0 Å². The number of halogens is 1. The minimum atomic E-state index is -1.39. The number of carboxylic acids is 1. The highest BCUT2D eigenvalue weighted by molar-refractivity contribution is 6.46. The lowest BCUT2D eigenvalue weighted by Crippen LogP contribution is -2.33. The van der Waals surface area contributed by atoms with Gasteiger partial charge in [-0.15, -0.1) is 0 Å². The van der Waals surface area contributed by atoms with Gasteiger partial charge in [0.2, 0.25) is 0 Å². The summed E-state index contributed by atoms with van der Waals surface area (Å²) in [5.74, 6) is -2.44. The van der Waals surface area contributed by atoms with Gasteiger partial charge in [0, 0.05) is 12.9 Å². The molecular weight excluding hydrogens is 242 g/mol. The van der Waals surface area contributed by atoms with Crippen molar-refractivity contribution in [3.8, 4) is 5.75 Å². The number of aromatic carboxylic acids is 1. The first-order valence-electron chi connectivity index (χ1n) is 5.35. The Labute approximate surface area is 104 Å². The lowest BCUT2D eigenvalue weighted by Gasteiger charge is -2.26. The molecule has 0 saturated heterocycles. The first kappa shape index (κ1) is 14.5. The zero-order chi connectivity index (χ0) is 13.9. The van der Waals surface area contributed by atoms with E-state index in [1.807, 2.05) is 0 Å². The van der Waals surface area contributed by atoms with Crippen LogP contribution >= 0.6 is 0 Å². The number of rotatable bonds is 1. The summed E-state index contributed by atoms with van der Waals surface area (Å²) < 4.78 is 18.4. The molecule has 0 bridgehead atoms. The zero-order valence-corrected chi connectivity index (χ0v) is 10.1. The Bertz CT molecular complexity index is 451. The molecule has 1 aliphatic rings. The third kappa shape index (κ3) is 2.62. The largest absolute Gasteiger partial charge is 0.535 e. The van der Waals surface area contributed by atoms with Crippen molar-refractivity contribution in [2.75, 3.05) is 7.11 Å². The van der Waals surface area contributed by atoms with E-state index in [-0.39, 0.29) is 11.6 Å². The molecule has 1 unspecified atom stereocenters. The topological polar surface area (TPSA) is 87.0 Å². The van der Waals surface area contributed by atoms with Gasteiger partial charge in [-0.05, 0) is 18.1 Å². The molecule has 1 aromatic carbocycles. The first-order valence-corrected chi connectivity index (χ1v) is 5.35. The van der Waals surface area contributed by atoms with E-state index in [4.69, 9.17) is 14.9 Å². The molecular formula is C11H14BFO5. The number of aliphatic hydroxyl groups is 1. The van der Waals surface area contributed by atoms with Crippen molar-refractivity contribution in [2.24, 2.45) is 0 Å². The van der Waals surface area contributed by atoms with E-state index in [0.29, 0.717) is 12.0 Å². The van der Waals surface area contributed by atoms with Crippen molar-refractivity contribution >= 4 is 13.1 Å². The van der Waals surface area contributed by atoms with Crippen LogP contribution in [0.5, 0.6) is 5.75 Å². The van der Waals surface area contributed by atoms with Crippen molar-refractivity contribution in [1.82, 2.24) is 0 Å². The van der Waals surface area contributed by atoms with Gasteiger partial charge in [0.15, 0.2) is 0 Å².